The van der Waals surface area contributed by atoms with E-state index in [0.29, 0.717) is 0 Å². The van der Waals surface area contributed by atoms with E-state index in [1.807, 2.05) is 18.4 Å². The van der Waals surface area contributed by atoms with Gasteiger partial charge in [0.15, 0.2) is 0 Å². The van der Waals surface area contributed by atoms with Crippen LogP contribution >= 0.6 is 11.3 Å². The highest BCUT2D eigenvalue weighted by molar-refractivity contribution is 7.09. The summed E-state index contributed by atoms with van der Waals surface area (Å²) < 4.78 is 0. The normalized spacial score (nSPS) is 18.0. The molecule has 0 aliphatic carbocycles. The van der Waals surface area contributed by atoms with Crippen LogP contribution in [0.3, 0.4) is 0 Å². The van der Waals surface area contributed by atoms with E-state index in [0.717, 1.165) is 25.4 Å². The van der Waals surface area contributed by atoms with E-state index in [1.165, 1.54) is 49.5 Å². The van der Waals surface area contributed by atoms with Gasteiger partial charge in [-0.2, -0.15) is 0 Å². The number of thiazole rings is 1. The lowest BCUT2D eigenvalue weighted by Crippen LogP contribution is -2.34. The van der Waals surface area contributed by atoms with Gasteiger partial charge in [-0.1, -0.05) is 6.92 Å². The molecular weight excluding hydrogens is 254 g/mol. The summed E-state index contributed by atoms with van der Waals surface area (Å²) in [4.78, 5) is 7.30. The van der Waals surface area contributed by atoms with Crippen molar-refractivity contribution in [3.63, 3.8) is 0 Å². The highest BCUT2D eigenvalue weighted by Gasteiger charge is 2.19. The van der Waals surface area contributed by atoms with Gasteiger partial charge in [0.2, 0.25) is 0 Å². The number of aryl methyl sites for hydroxylation is 1. The predicted octanol–water partition coefficient (Wildman–Crippen LogP) is 2.92. The van der Waals surface area contributed by atoms with Gasteiger partial charge in [-0.3, -0.25) is 4.90 Å². The molecule has 2 rings (SSSR count). The van der Waals surface area contributed by atoms with E-state index in [4.69, 9.17) is 4.98 Å². The van der Waals surface area contributed by atoms with E-state index < -0.39 is 0 Å². The minimum Gasteiger partial charge on any atom is -0.320 e. The largest absolute Gasteiger partial charge is 0.320 e. The van der Waals surface area contributed by atoms with Gasteiger partial charge in [0, 0.05) is 11.9 Å². The van der Waals surface area contributed by atoms with E-state index >= 15 is 0 Å². The van der Waals surface area contributed by atoms with Crippen molar-refractivity contribution in [1.82, 2.24) is 15.2 Å². The highest BCUT2D eigenvalue weighted by Crippen LogP contribution is 2.22. The van der Waals surface area contributed by atoms with E-state index in [1.54, 1.807) is 0 Å². The topological polar surface area (TPSA) is 28.2 Å². The van der Waals surface area contributed by atoms with Gasteiger partial charge < -0.3 is 5.32 Å². The Balaban J connectivity index is 1.72. The van der Waals surface area contributed by atoms with Crippen molar-refractivity contribution in [2.24, 2.45) is 5.92 Å². The molecule has 1 N–H and O–H groups in total. The molecule has 1 aliphatic heterocycles. The maximum atomic E-state index is 4.73. The number of piperidine rings is 1. The van der Waals surface area contributed by atoms with Crippen LogP contribution in [0.4, 0.5) is 0 Å². The van der Waals surface area contributed by atoms with Crippen LogP contribution in [-0.2, 0) is 13.0 Å². The van der Waals surface area contributed by atoms with Crippen LogP contribution in [0.5, 0.6) is 0 Å². The molecule has 0 radical (unpaired) electrons. The summed E-state index contributed by atoms with van der Waals surface area (Å²) in [6.45, 7) is 6.93. The standard InChI is InChI=1S/C15H27N3S/c1-3-4-15-17-14(12-19-15)11-18-9-6-13(7-10-18)5-8-16-2/h12-13,16H,3-11H2,1-2H3. The van der Waals surface area contributed by atoms with Gasteiger partial charge in [0.25, 0.3) is 0 Å². The molecule has 1 aliphatic rings. The Kier molecular flexibility index (Phi) is 6.28. The molecule has 0 saturated carbocycles. The zero-order valence-electron chi connectivity index (χ0n) is 12.3. The first-order valence-corrected chi connectivity index (χ1v) is 8.50. The summed E-state index contributed by atoms with van der Waals surface area (Å²) in [7, 11) is 2.05. The summed E-state index contributed by atoms with van der Waals surface area (Å²) in [5.74, 6) is 0.926. The number of hydrogen-bond donors (Lipinski definition) is 1. The van der Waals surface area contributed by atoms with Gasteiger partial charge in [-0.25, -0.2) is 4.98 Å². The van der Waals surface area contributed by atoms with Crippen LogP contribution < -0.4 is 5.32 Å². The monoisotopic (exact) mass is 281 g/mol. The molecular formula is C15H27N3S. The number of nitrogens with zero attached hydrogens (tertiary/aromatic N) is 2. The molecule has 0 aromatic carbocycles. The molecule has 1 aromatic heterocycles. The SMILES string of the molecule is CCCc1nc(CN2CCC(CCNC)CC2)cs1. The van der Waals surface area contributed by atoms with E-state index in [9.17, 15) is 0 Å². The number of aromatic nitrogens is 1. The van der Waals surface area contributed by atoms with Crippen LogP contribution in [0.25, 0.3) is 0 Å². The molecule has 0 bridgehead atoms. The second-order valence-electron chi connectivity index (χ2n) is 5.59. The molecule has 19 heavy (non-hydrogen) atoms. The number of nitrogens with one attached hydrogen (secondary N) is 1. The molecule has 1 aromatic rings. The van der Waals surface area contributed by atoms with Crippen molar-refractivity contribution in [2.45, 2.75) is 45.6 Å². The van der Waals surface area contributed by atoms with Gasteiger partial charge in [-0.15, -0.1) is 11.3 Å². The maximum Gasteiger partial charge on any atom is 0.0928 e. The second kappa shape index (κ2) is 7.98. The number of likely N-dealkylation sites (tertiary alicyclic amines) is 1. The first kappa shape index (κ1) is 14.9. The lowest BCUT2D eigenvalue weighted by atomic mass is 9.93. The molecule has 1 fully saturated rings. The van der Waals surface area contributed by atoms with Crippen molar-refractivity contribution >= 4 is 11.3 Å². The van der Waals surface area contributed by atoms with Crippen LogP contribution in [0.15, 0.2) is 5.38 Å². The summed E-state index contributed by atoms with van der Waals surface area (Å²) >= 11 is 1.83. The maximum absolute atomic E-state index is 4.73. The summed E-state index contributed by atoms with van der Waals surface area (Å²) in [6.07, 6.45) is 6.38. The molecule has 0 amide bonds. The Labute approximate surface area is 121 Å². The zero-order valence-corrected chi connectivity index (χ0v) is 13.1. The van der Waals surface area contributed by atoms with Crippen LogP contribution in [0.2, 0.25) is 0 Å². The Morgan fingerprint density at radius 3 is 2.89 bits per heavy atom. The van der Waals surface area contributed by atoms with Gasteiger partial charge in [0.05, 0.1) is 10.7 Å². The Hall–Kier alpha value is -0.450. The van der Waals surface area contributed by atoms with Crippen LogP contribution in [0, 0.1) is 5.92 Å². The van der Waals surface area contributed by atoms with Crippen molar-refractivity contribution in [1.29, 1.82) is 0 Å². The Morgan fingerprint density at radius 1 is 1.42 bits per heavy atom. The third-order valence-electron chi connectivity index (χ3n) is 3.96. The van der Waals surface area contributed by atoms with Crippen molar-refractivity contribution in [3.05, 3.63) is 16.1 Å². The average Bonchev–Trinajstić information content (AvgIpc) is 2.86. The minimum atomic E-state index is 0.926. The predicted molar refractivity (Wildman–Crippen MR) is 82.7 cm³/mol. The summed E-state index contributed by atoms with van der Waals surface area (Å²) in [6, 6.07) is 0. The third kappa shape index (κ3) is 4.86. The molecule has 4 heteroatoms. The molecule has 2 heterocycles. The Bertz CT molecular complexity index is 356. The lowest BCUT2D eigenvalue weighted by Gasteiger charge is -2.31. The van der Waals surface area contributed by atoms with Gasteiger partial charge >= 0.3 is 0 Å². The number of hydrogen-bond acceptors (Lipinski definition) is 4. The molecule has 3 nitrogen and oxygen atoms in total. The van der Waals surface area contributed by atoms with Crippen LogP contribution in [0.1, 0.15) is 43.3 Å². The first-order valence-electron chi connectivity index (χ1n) is 7.62. The first-order chi connectivity index (χ1) is 9.31. The lowest BCUT2D eigenvalue weighted by molar-refractivity contribution is 0.171. The molecule has 0 spiro atoms. The Morgan fingerprint density at radius 2 is 2.21 bits per heavy atom. The minimum absolute atomic E-state index is 0.926. The van der Waals surface area contributed by atoms with Gasteiger partial charge in [0.1, 0.15) is 0 Å². The summed E-state index contributed by atoms with van der Waals surface area (Å²) in [5.41, 5.74) is 1.28. The molecule has 0 unspecified atom stereocenters. The highest BCUT2D eigenvalue weighted by atomic mass is 32.1. The fourth-order valence-electron chi connectivity index (χ4n) is 2.76. The number of rotatable bonds is 7. The van der Waals surface area contributed by atoms with Crippen molar-refractivity contribution < 1.29 is 0 Å². The molecule has 108 valence electrons. The quantitative estimate of drug-likeness (QED) is 0.833. The fraction of sp³-hybridized carbons (Fsp3) is 0.800. The van der Waals surface area contributed by atoms with Crippen LogP contribution in [-0.4, -0.2) is 36.6 Å². The smallest absolute Gasteiger partial charge is 0.0928 e. The summed E-state index contributed by atoms with van der Waals surface area (Å²) in [5, 5.41) is 6.81. The molecule has 1 saturated heterocycles. The average molecular weight is 281 g/mol. The van der Waals surface area contributed by atoms with Crippen molar-refractivity contribution in [2.75, 3.05) is 26.7 Å². The van der Waals surface area contributed by atoms with E-state index in [-0.39, 0.29) is 0 Å². The second-order valence-corrected chi connectivity index (χ2v) is 6.54. The van der Waals surface area contributed by atoms with Crippen molar-refractivity contribution in [3.8, 4) is 0 Å². The fourth-order valence-corrected chi connectivity index (χ4v) is 3.65. The zero-order chi connectivity index (χ0) is 13.5. The van der Waals surface area contributed by atoms with E-state index in [2.05, 4.69) is 22.5 Å². The van der Waals surface area contributed by atoms with Gasteiger partial charge in [-0.05, 0) is 64.7 Å². The third-order valence-corrected chi connectivity index (χ3v) is 4.92. The molecule has 0 atom stereocenters.